The highest BCUT2D eigenvalue weighted by atomic mass is 15.1. The van der Waals surface area contributed by atoms with Gasteiger partial charge in [-0.1, -0.05) is 122 Å². The highest BCUT2D eigenvalue weighted by Gasteiger charge is 2.15. The van der Waals surface area contributed by atoms with Crippen LogP contribution in [0.5, 0.6) is 0 Å². The molecule has 0 saturated carbocycles. The van der Waals surface area contributed by atoms with Crippen molar-refractivity contribution in [3.63, 3.8) is 0 Å². The molecule has 2 heteroatoms. The predicted molar refractivity (Wildman–Crippen MR) is 192 cm³/mol. The molecule has 0 atom stereocenters. The van der Waals surface area contributed by atoms with E-state index in [0.717, 1.165) is 39.6 Å². The highest BCUT2D eigenvalue weighted by molar-refractivity contribution is 5.99. The number of nitrogens with zero attached hydrogens (tertiary/aromatic N) is 2. The van der Waals surface area contributed by atoms with Crippen molar-refractivity contribution >= 4 is 44.8 Å². The average molecular weight is 569 g/mol. The SMILES string of the molecule is C=C(/C=C\C=C/C)c1cccc(N(C)c2ccc(-c3ccc(N(c4ccccc4)c4cccc5ccccc45)cc3)cc2)c1. The maximum atomic E-state index is 4.24. The number of para-hydroxylation sites is 1. The van der Waals surface area contributed by atoms with Gasteiger partial charge in [-0.05, 0) is 89.2 Å². The Morgan fingerprint density at radius 3 is 1.89 bits per heavy atom. The zero-order valence-electron chi connectivity index (χ0n) is 25.3. The Morgan fingerprint density at radius 1 is 0.568 bits per heavy atom. The van der Waals surface area contributed by atoms with Crippen molar-refractivity contribution in [3.8, 4) is 11.1 Å². The van der Waals surface area contributed by atoms with Gasteiger partial charge in [-0.3, -0.25) is 0 Å². The second kappa shape index (κ2) is 13.1. The number of anilines is 5. The summed E-state index contributed by atoms with van der Waals surface area (Å²) in [5, 5.41) is 2.45. The number of rotatable bonds is 9. The van der Waals surface area contributed by atoms with E-state index in [1.54, 1.807) is 0 Å². The van der Waals surface area contributed by atoms with Gasteiger partial charge in [0.1, 0.15) is 0 Å². The molecule has 0 aliphatic carbocycles. The van der Waals surface area contributed by atoms with Crippen LogP contribution in [0.3, 0.4) is 0 Å². The van der Waals surface area contributed by atoms with Gasteiger partial charge in [-0.25, -0.2) is 0 Å². The molecule has 6 aromatic rings. The molecule has 0 aliphatic rings. The number of allylic oxidation sites excluding steroid dienone is 5. The van der Waals surface area contributed by atoms with E-state index in [1.807, 2.05) is 31.2 Å². The minimum absolute atomic E-state index is 0.989. The van der Waals surface area contributed by atoms with E-state index >= 15 is 0 Å². The molecule has 0 fully saturated rings. The van der Waals surface area contributed by atoms with Crippen LogP contribution in [0.15, 0.2) is 176 Å². The zero-order chi connectivity index (χ0) is 30.3. The second-order valence-corrected chi connectivity index (χ2v) is 10.8. The van der Waals surface area contributed by atoms with Crippen LogP contribution < -0.4 is 9.80 Å². The van der Waals surface area contributed by atoms with Crippen LogP contribution in [-0.4, -0.2) is 7.05 Å². The topological polar surface area (TPSA) is 6.48 Å². The third kappa shape index (κ3) is 6.11. The van der Waals surface area contributed by atoms with E-state index in [0.29, 0.717) is 0 Å². The van der Waals surface area contributed by atoms with Gasteiger partial charge in [0, 0.05) is 35.2 Å². The van der Waals surface area contributed by atoms with Crippen molar-refractivity contribution in [2.45, 2.75) is 6.92 Å². The highest BCUT2D eigenvalue weighted by Crippen LogP contribution is 2.39. The van der Waals surface area contributed by atoms with Crippen molar-refractivity contribution < 1.29 is 0 Å². The molecule has 0 radical (unpaired) electrons. The molecule has 214 valence electrons. The first-order valence-corrected chi connectivity index (χ1v) is 15.0. The molecule has 0 heterocycles. The summed E-state index contributed by atoms with van der Waals surface area (Å²) < 4.78 is 0. The molecule has 6 rings (SSSR count). The Bertz CT molecular complexity index is 1930. The maximum absolute atomic E-state index is 4.24. The van der Waals surface area contributed by atoms with Crippen LogP contribution in [0, 0.1) is 0 Å². The normalized spacial score (nSPS) is 11.3. The zero-order valence-corrected chi connectivity index (χ0v) is 25.3. The fourth-order valence-electron chi connectivity index (χ4n) is 5.53. The number of hydrogen-bond acceptors (Lipinski definition) is 2. The second-order valence-electron chi connectivity index (χ2n) is 10.8. The number of benzene rings is 6. The van der Waals surface area contributed by atoms with Crippen molar-refractivity contribution in [2.24, 2.45) is 0 Å². The Hall–Kier alpha value is -5.60. The lowest BCUT2D eigenvalue weighted by atomic mass is 10.0. The standard InChI is InChI=1S/C42H36N2/c1-4-5-7-14-32(2)36-17-12-20-40(31-36)43(3)37-27-23-33(24-28-37)34-25-29-39(30-26-34)44(38-18-8-6-9-19-38)42-22-13-16-35-15-10-11-21-41(35)42/h4-31H,2H2,1,3H3/b5-4-,14-7-. The van der Waals surface area contributed by atoms with Gasteiger partial charge >= 0.3 is 0 Å². The van der Waals surface area contributed by atoms with Crippen molar-refractivity contribution in [2.75, 3.05) is 16.8 Å². The van der Waals surface area contributed by atoms with Gasteiger partial charge in [0.15, 0.2) is 0 Å². The molecule has 0 saturated heterocycles. The third-order valence-corrected chi connectivity index (χ3v) is 7.94. The maximum Gasteiger partial charge on any atom is 0.0540 e. The first kappa shape index (κ1) is 28.5. The molecule has 0 aliphatic heterocycles. The summed E-state index contributed by atoms with van der Waals surface area (Å²) in [5.74, 6) is 0. The summed E-state index contributed by atoms with van der Waals surface area (Å²) >= 11 is 0. The summed E-state index contributed by atoms with van der Waals surface area (Å²) in [7, 11) is 2.10. The number of fused-ring (bicyclic) bond motifs is 1. The average Bonchev–Trinajstić information content (AvgIpc) is 3.09. The largest absolute Gasteiger partial charge is 0.345 e. The summed E-state index contributed by atoms with van der Waals surface area (Å²) in [6.45, 7) is 6.25. The molecular weight excluding hydrogens is 532 g/mol. The van der Waals surface area contributed by atoms with Crippen molar-refractivity contribution in [1.82, 2.24) is 0 Å². The minimum Gasteiger partial charge on any atom is -0.345 e. The first-order chi connectivity index (χ1) is 21.6. The van der Waals surface area contributed by atoms with Crippen LogP contribution in [-0.2, 0) is 0 Å². The van der Waals surface area contributed by atoms with E-state index in [1.165, 1.54) is 21.9 Å². The van der Waals surface area contributed by atoms with Crippen molar-refractivity contribution in [1.29, 1.82) is 0 Å². The molecular formula is C42H36N2. The van der Waals surface area contributed by atoms with E-state index in [2.05, 4.69) is 169 Å². The molecule has 0 bridgehead atoms. The lowest BCUT2D eigenvalue weighted by Crippen LogP contribution is -2.10. The quantitative estimate of drug-likeness (QED) is 0.160. The molecule has 6 aromatic carbocycles. The van der Waals surface area contributed by atoms with Crippen LogP contribution in [0.1, 0.15) is 12.5 Å². The minimum atomic E-state index is 0.989. The number of hydrogen-bond donors (Lipinski definition) is 0. The Balaban J connectivity index is 1.26. The van der Waals surface area contributed by atoms with Crippen LogP contribution in [0.2, 0.25) is 0 Å². The Labute approximate surface area is 261 Å². The van der Waals surface area contributed by atoms with E-state index in [-0.39, 0.29) is 0 Å². The molecule has 0 spiro atoms. The van der Waals surface area contributed by atoms with E-state index in [9.17, 15) is 0 Å². The van der Waals surface area contributed by atoms with Gasteiger partial charge in [0.05, 0.1) is 5.69 Å². The summed E-state index contributed by atoms with van der Waals surface area (Å²) in [6, 6.07) is 51.8. The molecule has 0 unspecified atom stereocenters. The fraction of sp³-hybridized carbons (Fsp3) is 0.0476. The predicted octanol–water partition coefficient (Wildman–Crippen LogP) is 11.9. The summed E-state index contributed by atoms with van der Waals surface area (Å²) in [5.41, 5.74) is 10.1. The van der Waals surface area contributed by atoms with Crippen LogP contribution in [0.25, 0.3) is 27.5 Å². The van der Waals surface area contributed by atoms with Gasteiger partial charge in [-0.15, -0.1) is 0 Å². The van der Waals surface area contributed by atoms with Gasteiger partial charge in [0.2, 0.25) is 0 Å². The summed E-state index contributed by atoms with van der Waals surface area (Å²) in [4.78, 5) is 4.55. The van der Waals surface area contributed by atoms with E-state index in [4.69, 9.17) is 0 Å². The first-order valence-electron chi connectivity index (χ1n) is 15.0. The molecule has 0 aromatic heterocycles. The molecule has 0 amide bonds. The van der Waals surface area contributed by atoms with Crippen LogP contribution >= 0.6 is 0 Å². The lowest BCUT2D eigenvalue weighted by molar-refractivity contribution is 1.21. The van der Waals surface area contributed by atoms with Gasteiger partial charge in [-0.2, -0.15) is 0 Å². The summed E-state index contributed by atoms with van der Waals surface area (Å²) in [6.07, 6.45) is 8.09. The van der Waals surface area contributed by atoms with Crippen LogP contribution in [0.4, 0.5) is 28.4 Å². The monoisotopic (exact) mass is 568 g/mol. The van der Waals surface area contributed by atoms with Crippen molar-refractivity contribution in [3.05, 3.63) is 182 Å². The molecule has 2 nitrogen and oxygen atoms in total. The Morgan fingerprint density at radius 2 is 1.16 bits per heavy atom. The smallest absolute Gasteiger partial charge is 0.0540 e. The lowest BCUT2D eigenvalue weighted by Gasteiger charge is -2.27. The molecule has 0 N–H and O–H groups in total. The van der Waals surface area contributed by atoms with E-state index < -0.39 is 0 Å². The van der Waals surface area contributed by atoms with Gasteiger partial charge in [0.25, 0.3) is 0 Å². The van der Waals surface area contributed by atoms with Gasteiger partial charge < -0.3 is 9.80 Å². The fourth-order valence-corrected chi connectivity index (χ4v) is 5.53. The third-order valence-electron chi connectivity index (χ3n) is 7.94. The molecule has 44 heavy (non-hydrogen) atoms. The Kier molecular flexibility index (Phi) is 8.52.